The zero-order valence-electron chi connectivity index (χ0n) is 9.47. The third-order valence-electron chi connectivity index (χ3n) is 2.40. The number of ketones is 1. The highest BCUT2D eigenvalue weighted by Gasteiger charge is 2.40. The molecule has 3 nitrogen and oxygen atoms in total. The summed E-state index contributed by atoms with van der Waals surface area (Å²) >= 11 is 0. The van der Waals surface area contributed by atoms with E-state index in [1.54, 1.807) is 6.92 Å². The van der Waals surface area contributed by atoms with Crippen LogP contribution in [0.25, 0.3) is 0 Å². The number of Topliss-reactive ketones (excluding diaryl/α,β-unsaturated/α-hetero) is 1. The molecule has 0 amide bonds. The second kappa shape index (κ2) is 4.73. The van der Waals surface area contributed by atoms with Crippen LogP contribution in [-0.4, -0.2) is 16.5 Å². The van der Waals surface area contributed by atoms with E-state index in [-0.39, 0.29) is 5.69 Å². The first kappa shape index (κ1) is 13.5. The maximum atomic E-state index is 12.3. The molecule has 1 rings (SSSR count). The van der Waals surface area contributed by atoms with Gasteiger partial charge in [0, 0.05) is 23.9 Å². The Morgan fingerprint density at radius 3 is 2.41 bits per heavy atom. The van der Waals surface area contributed by atoms with Gasteiger partial charge in [-0.3, -0.25) is 9.59 Å². The average Bonchev–Trinajstić information content (AvgIpc) is 2.22. The molecule has 0 spiro atoms. The van der Waals surface area contributed by atoms with Gasteiger partial charge in [0.15, 0.2) is 0 Å². The minimum absolute atomic E-state index is 0.0571. The van der Waals surface area contributed by atoms with E-state index in [1.807, 2.05) is 0 Å². The fourth-order valence-corrected chi connectivity index (χ4v) is 1.57. The molecule has 6 heteroatoms. The summed E-state index contributed by atoms with van der Waals surface area (Å²) in [5.74, 6) is -1.92. The van der Waals surface area contributed by atoms with Crippen molar-refractivity contribution in [1.82, 2.24) is 4.57 Å². The number of pyridine rings is 1. The summed E-state index contributed by atoms with van der Waals surface area (Å²) in [6.45, 7) is 3.43. The molecule has 0 aliphatic carbocycles. The lowest BCUT2D eigenvalue weighted by Crippen LogP contribution is -2.29. The molecule has 0 saturated heterocycles. The van der Waals surface area contributed by atoms with Crippen LogP contribution in [0.2, 0.25) is 0 Å². The van der Waals surface area contributed by atoms with Crippen LogP contribution >= 0.6 is 0 Å². The molecule has 0 aliphatic heterocycles. The highest BCUT2D eigenvalue weighted by molar-refractivity contribution is 6.01. The van der Waals surface area contributed by atoms with Gasteiger partial charge in [-0.2, -0.15) is 13.2 Å². The normalized spacial score (nSPS) is 11.6. The van der Waals surface area contributed by atoms with Gasteiger partial charge in [-0.1, -0.05) is 6.92 Å². The molecule has 0 saturated carbocycles. The number of rotatable bonds is 3. The molecule has 94 valence electrons. The summed E-state index contributed by atoms with van der Waals surface area (Å²) in [6.07, 6.45) is -4.32. The smallest absolute Gasteiger partial charge is 0.312 e. The monoisotopic (exact) mass is 247 g/mol. The summed E-state index contributed by atoms with van der Waals surface area (Å²) in [7, 11) is 0. The van der Waals surface area contributed by atoms with Crippen molar-refractivity contribution < 1.29 is 18.0 Å². The van der Waals surface area contributed by atoms with Crippen LogP contribution in [0.5, 0.6) is 0 Å². The minimum Gasteiger partial charge on any atom is -0.312 e. The Morgan fingerprint density at radius 1 is 1.35 bits per heavy atom. The minimum atomic E-state index is -4.92. The van der Waals surface area contributed by atoms with Gasteiger partial charge in [-0.25, -0.2) is 0 Å². The number of carbonyl (C=O) groups excluding carboxylic acids is 1. The van der Waals surface area contributed by atoms with E-state index in [0.717, 1.165) is 12.1 Å². The number of hydrogen-bond donors (Lipinski definition) is 0. The van der Waals surface area contributed by atoms with Gasteiger partial charge >= 0.3 is 6.18 Å². The Balaban J connectivity index is 3.33. The predicted octanol–water partition coefficient (Wildman–Crippen LogP) is 2.31. The molecule has 0 aliphatic rings. The molecule has 0 N–H and O–H groups in total. The fourth-order valence-electron chi connectivity index (χ4n) is 1.57. The summed E-state index contributed by atoms with van der Waals surface area (Å²) in [5.41, 5.74) is -0.810. The summed E-state index contributed by atoms with van der Waals surface area (Å²) < 4.78 is 38.1. The lowest BCUT2D eigenvalue weighted by Gasteiger charge is -2.13. The summed E-state index contributed by atoms with van der Waals surface area (Å²) in [4.78, 5) is 22.5. The maximum Gasteiger partial charge on any atom is 0.454 e. The van der Waals surface area contributed by atoms with Crippen molar-refractivity contribution in [3.8, 4) is 0 Å². The summed E-state index contributed by atoms with van der Waals surface area (Å²) in [6, 6.07) is 1.92. The first-order chi connectivity index (χ1) is 7.79. The third kappa shape index (κ3) is 2.75. The van der Waals surface area contributed by atoms with E-state index in [2.05, 4.69) is 0 Å². The van der Waals surface area contributed by atoms with Crippen molar-refractivity contribution in [2.75, 3.05) is 0 Å². The largest absolute Gasteiger partial charge is 0.454 e. The molecule has 1 aromatic heterocycles. The number of hydrogen-bond acceptors (Lipinski definition) is 2. The molecule has 0 aromatic carbocycles. The number of carbonyl (C=O) groups is 1. The van der Waals surface area contributed by atoms with E-state index in [9.17, 15) is 22.8 Å². The number of aromatic nitrogens is 1. The van der Waals surface area contributed by atoms with Crippen molar-refractivity contribution >= 4 is 5.78 Å². The van der Waals surface area contributed by atoms with Crippen molar-refractivity contribution in [1.29, 1.82) is 0 Å². The van der Waals surface area contributed by atoms with E-state index in [0.29, 0.717) is 13.0 Å². The molecule has 0 unspecified atom stereocenters. The molecule has 1 aromatic rings. The van der Waals surface area contributed by atoms with Crippen molar-refractivity contribution in [2.45, 2.75) is 33.0 Å². The van der Waals surface area contributed by atoms with Crippen molar-refractivity contribution in [3.05, 3.63) is 33.7 Å². The molecule has 0 bridgehead atoms. The second-order valence-electron chi connectivity index (χ2n) is 3.65. The molecular formula is C11H12F3NO2. The van der Waals surface area contributed by atoms with E-state index in [1.165, 1.54) is 11.5 Å². The molecule has 0 atom stereocenters. The Morgan fingerprint density at radius 2 is 1.94 bits per heavy atom. The van der Waals surface area contributed by atoms with Crippen LogP contribution < -0.4 is 5.56 Å². The Kier molecular flexibility index (Phi) is 3.75. The molecule has 1 heterocycles. The average molecular weight is 247 g/mol. The maximum absolute atomic E-state index is 12.3. The highest BCUT2D eigenvalue weighted by Crippen LogP contribution is 2.22. The van der Waals surface area contributed by atoms with E-state index >= 15 is 0 Å². The fraction of sp³-hybridized carbons (Fsp3) is 0.455. The molecular weight excluding hydrogens is 235 g/mol. The van der Waals surface area contributed by atoms with Crippen LogP contribution in [0.3, 0.4) is 0 Å². The SMILES string of the molecule is CCCn1c(C)c(C(=O)C(F)(F)F)ccc1=O. The molecule has 0 fully saturated rings. The van der Waals surface area contributed by atoms with Crippen LogP contribution in [0.4, 0.5) is 13.2 Å². The van der Waals surface area contributed by atoms with Gasteiger partial charge in [0.2, 0.25) is 0 Å². The Bertz CT molecular complexity index is 488. The van der Waals surface area contributed by atoms with Gasteiger partial charge in [-0.05, 0) is 19.4 Å². The Hall–Kier alpha value is -1.59. The number of nitrogens with zero attached hydrogens (tertiary/aromatic N) is 1. The lowest BCUT2D eigenvalue weighted by atomic mass is 10.1. The molecule has 17 heavy (non-hydrogen) atoms. The topological polar surface area (TPSA) is 39.1 Å². The van der Waals surface area contributed by atoms with Crippen molar-refractivity contribution in [2.24, 2.45) is 0 Å². The van der Waals surface area contributed by atoms with Crippen LogP contribution in [0.15, 0.2) is 16.9 Å². The lowest BCUT2D eigenvalue weighted by molar-refractivity contribution is -0.0886. The van der Waals surface area contributed by atoms with Crippen molar-refractivity contribution in [3.63, 3.8) is 0 Å². The van der Waals surface area contributed by atoms with Gasteiger partial charge in [0.05, 0.1) is 0 Å². The number of alkyl halides is 3. The first-order valence-corrected chi connectivity index (χ1v) is 5.11. The zero-order valence-corrected chi connectivity index (χ0v) is 9.47. The second-order valence-corrected chi connectivity index (χ2v) is 3.65. The van der Waals surface area contributed by atoms with Gasteiger partial charge < -0.3 is 4.57 Å². The predicted molar refractivity (Wildman–Crippen MR) is 56.1 cm³/mol. The highest BCUT2D eigenvalue weighted by atomic mass is 19.4. The van der Waals surface area contributed by atoms with Gasteiger partial charge in [-0.15, -0.1) is 0 Å². The summed E-state index contributed by atoms with van der Waals surface area (Å²) in [5, 5.41) is 0. The molecule has 0 radical (unpaired) electrons. The quantitative estimate of drug-likeness (QED) is 0.769. The van der Waals surface area contributed by atoms with Crippen LogP contribution in [0.1, 0.15) is 29.4 Å². The first-order valence-electron chi connectivity index (χ1n) is 5.11. The van der Waals surface area contributed by atoms with Crippen LogP contribution in [-0.2, 0) is 6.54 Å². The number of halogens is 3. The van der Waals surface area contributed by atoms with E-state index in [4.69, 9.17) is 0 Å². The van der Waals surface area contributed by atoms with Gasteiger partial charge in [0.1, 0.15) is 0 Å². The van der Waals surface area contributed by atoms with Gasteiger partial charge in [0.25, 0.3) is 11.3 Å². The zero-order chi connectivity index (χ0) is 13.2. The van der Waals surface area contributed by atoms with E-state index < -0.39 is 23.1 Å². The Labute approximate surface area is 95.9 Å². The van der Waals surface area contributed by atoms with Crippen LogP contribution in [0, 0.1) is 6.92 Å². The third-order valence-corrected chi connectivity index (χ3v) is 2.40. The standard InChI is InChI=1S/C11H12F3NO2/c1-3-6-15-7(2)8(4-5-9(15)16)10(17)11(12,13)14/h4-5H,3,6H2,1-2H3.